The maximum Gasteiger partial charge on any atom is 0.287 e. The topological polar surface area (TPSA) is 54.4 Å². The summed E-state index contributed by atoms with van der Waals surface area (Å²) in [6.45, 7) is 0. The third-order valence-corrected chi connectivity index (χ3v) is 3.35. The predicted octanol–water partition coefficient (Wildman–Crippen LogP) is 2.37. The molecule has 0 saturated carbocycles. The zero-order valence-electron chi connectivity index (χ0n) is 5.77. The Hall–Kier alpha value is -0.170. The molecule has 1 heterocycles. The highest BCUT2D eigenvalue weighted by molar-refractivity contribution is 9.10. The third kappa shape index (κ3) is 3.06. The summed E-state index contributed by atoms with van der Waals surface area (Å²) in [5.74, 6) is 0. The maximum atomic E-state index is 10.3. The van der Waals surface area contributed by atoms with E-state index in [1.165, 1.54) is 17.4 Å². The van der Waals surface area contributed by atoms with Crippen molar-refractivity contribution in [3.05, 3.63) is 26.2 Å². The van der Waals surface area contributed by atoms with E-state index >= 15 is 0 Å². The van der Waals surface area contributed by atoms with Crippen molar-refractivity contribution in [2.75, 3.05) is 0 Å². The summed E-state index contributed by atoms with van der Waals surface area (Å²) in [5.41, 5.74) is 0. The van der Waals surface area contributed by atoms with E-state index < -0.39 is 10.1 Å². The molecule has 0 aliphatic rings. The van der Waals surface area contributed by atoms with Crippen LogP contribution in [0, 0.1) is 0 Å². The van der Waals surface area contributed by atoms with Crippen LogP contribution >= 0.6 is 27.3 Å². The Balaban J connectivity index is 2.91. The van der Waals surface area contributed by atoms with Gasteiger partial charge in [0.05, 0.1) is 5.41 Å². The molecule has 0 saturated heterocycles. The van der Waals surface area contributed by atoms with E-state index in [4.69, 9.17) is 4.55 Å². The van der Waals surface area contributed by atoms with Crippen LogP contribution in [0.2, 0.25) is 0 Å². The zero-order valence-corrected chi connectivity index (χ0v) is 8.99. The van der Waals surface area contributed by atoms with Crippen molar-refractivity contribution in [2.45, 2.75) is 0 Å². The van der Waals surface area contributed by atoms with Gasteiger partial charge in [-0.05, 0) is 33.5 Å². The van der Waals surface area contributed by atoms with Crippen molar-refractivity contribution in [3.63, 3.8) is 0 Å². The monoisotopic (exact) mass is 268 g/mol. The van der Waals surface area contributed by atoms with Crippen LogP contribution < -0.4 is 0 Å². The molecule has 0 aliphatic carbocycles. The SMILES string of the molecule is O=S(=O)(O)/C=C/c1sccc1Br. The Morgan fingerprint density at radius 2 is 2.25 bits per heavy atom. The number of hydrogen-bond donors (Lipinski definition) is 1. The molecule has 0 unspecified atom stereocenters. The zero-order chi connectivity index (χ0) is 9.19. The van der Waals surface area contributed by atoms with E-state index in [-0.39, 0.29) is 0 Å². The van der Waals surface area contributed by atoms with Crippen LogP contribution in [-0.4, -0.2) is 13.0 Å². The summed E-state index contributed by atoms with van der Waals surface area (Å²) in [6, 6.07) is 1.80. The largest absolute Gasteiger partial charge is 0.287 e. The summed E-state index contributed by atoms with van der Waals surface area (Å²) in [5, 5.41) is 2.57. The molecule has 0 atom stereocenters. The van der Waals surface area contributed by atoms with Crippen molar-refractivity contribution >= 4 is 43.5 Å². The van der Waals surface area contributed by atoms with Gasteiger partial charge in [-0.25, -0.2) is 0 Å². The molecule has 6 heteroatoms. The van der Waals surface area contributed by atoms with E-state index in [0.29, 0.717) is 0 Å². The Morgan fingerprint density at radius 3 is 2.67 bits per heavy atom. The second kappa shape index (κ2) is 3.69. The molecular formula is C6H5BrO3S2. The number of thiophene rings is 1. The van der Waals surface area contributed by atoms with Crippen molar-refractivity contribution in [1.82, 2.24) is 0 Å². The summed E-state index contributed by atoms with van der Waals surface area (Å²) >= 11 is 4.60. The van der Waals surface area contributed by atoms with Gasteiger partial charge >= 0.3 is 0 Å². The lowest BCUT2D eigenvalue weighted by Gasteiger charge is -1.86. The molecule has 1 N–H and O–H groups in total. The minimum Gasteiger partial charge on any atom is -0.282 e. The molecule has 0 radical (unpaired) electrons. The van der Waals surface area contributed by atoms with Gasteiger partial charge in [-0.2, -0.15) is 8.42 Å². The second-order valence-corrected chi connectivity index (χ2v) is 5.05. The molecule has 3 nitrogen and oxygen atoms in total. The second-order valence-electron chi connectivity index (χ2n) is 1.95. The van der Waals surface area contributed by atoms with Gasteiger partial charge in [0, 0.05) is 9.35 Å². The Morgan fingerprint density at radius 1 is 1.58 bits per heavy atom. The quantitative estimate of drug-likeness (QED) is 0.838. The Labute approximate surface area is 82.6 Å². The van der Waals surface area contributed by atoms with Crippen LogP contribution in [-0.2, 0) is 10.1 Å². The van der Waals surface area contributed by atoms with Crippen LogP contribution in [0.5, 0.6) is 0 Å². The van der Waals surface area contributed by atoms with Gasteiger partial charge in [-0.1, -0.05) is 0 Å². The lowest BCUT2D eigenvalue weighted by atomic mass is 10.5. The number of rotatable bonds is 2. The van der Waals surface area contributed by atoms with Crippen LogP contribution in [0.3, 0.4) is 0 Å². The number of hydrogen-bond acceptors (Lipinski definition) is 3. The van der Waals surface area contributed by atoms with Gasteiger partial charge in [0.15, 0.2) is 0 Å². The first-order chi connectivity index (χ1) is 5.49. The van der Waals surface area contributed by atoms with Gasteiger partial charge in [-0.3, -0.25) is 4.55 Å². The average molecular weight is 269 g/mol. The van der Waals surface area contributed by atoms with Crippen LogP contribution in [0.15, 0.2) is 21.3 Å². The minimum atomic E-state index is -4.01. The lowest BCUT2D eigenvalue weighted by molar-refractivity contribution is 0.494. The molecule has 1 aromatic rings. The molecule has 12 heavy (non-hydrogen) atoms. The Bertz CT molecular complexity index is 391. The van der Waals surface area contributed by atoms with E-state index in [1.807, 2.05) is 5.38 Å². The van der Waals surface area contributed by atoms with Gasteiger partial charge in [-0.15, -0.1) is 11.3 Å². The summed E-state index contributed by atoms with van der Waals surface area (Å²) in [4.78, 5) is 0.757. The van der Waals surface area contributed by atoms with E-state index in [9.17, 15) is 8.42 Å². The highest BCUT2D eigenvalue weighted by Crippen LogP contribution is 2.23. The molecule has 0 amide bonds. The molecule has 0 spiro atoms. The van der Waals surface area contributed by atoms with Crippen LogP contribution in [0.4, 0.5) is 0 Å². The molecule has 0 fully saturated rings. The first-order valence-corrected chi connectivity index (χ1v) is 6.05. The molecule has 0 aliphatic heterocycles. The maximum absolute atomic E-state index is 10.3. The fraction of sp³-hybridized carbons (Fsp3) is 0. The average Bonchev–Trinajstić information content (AvgIpc) is 2.29. The molecular weight excluding hydrogens is 264 g/mol. The van der Waals surface area contributed by atoms with Crippen molar-refractivity contribution < 1.29 is 13.0 Å². The van der Waals surface area contributed by atoms with E-state index in [2.05, 4.69) is 15.9 Å². The molecule has 66 valence electrons. The third-order valence-electron chi connectivity index (χ3n) is 1.04. The first kappa shape index (κ1) is 9.91. The Kier molecular flexibility index (Phi) is 3.05. The molecule has 1 aromatic heterocycles. The standard InChI is InChI=1S/C6H5BrO3S2/c7-5-1-3-11-6(5)2-4-12(8,9)10/h1-4H,(H,8,9,10)/b4-2+. The van der Waals surface area contributed by atoms with Crippen molar-refractivity contribution in [2.24, 2.45) is 0 Å². The lowest BCUT2D eigenvalue weighted by Crippen LogP contribution is -1.88. The summed E-state index contributed by atoms with van der Waals surface area (Å²) < 4.78 is 29.8. The molecule has 0 aromatic carbocycles. The van der Waals surface area contributed by atoms with Crippen LogP contribution in [0.25, 0.3) is 6.08 Å². The fourth-order valence-corrected chi connectivity index (χ4v) is 2.36. The summed E-state index contributed by atoms with van der Waals surface area (Å²) in [7, 11) is -4.01. The summed E-state index contributed by atoms with van der Waals surface area (Å²) in [6.07, 6.45) is 1.34. The van der Waals surface area contributed by atoms with Gasteiger partial charge < -0.3 is 0 Å². The highest BCUT2D eigenvalue weighted by Gasteiger charge is 1.99. The van der Waals surface area contributed by atoms with Gasteiger partial charge in [0.2, 0.25) is 0 Å². The van der Waals surface area contributed by atoms with Crippen molar-refractivity contribution in [1.29, 1.82) is 0 Å². The first-order valence-electron chi connectivity index (χ1n) is 2.87. The molecule has 0 bridgehead atoms. The highest BCUT2D eigenvalue weighted by atomic mass is 79.9. The predicted molar refractivity (Wildman–Crippen MR) is 52.6 cm³/mol. The number of halogens is 1. The van der Waals surface area contributed by atoms with Gasteiger partial charge in [0.1, 0.15) is 0 Å². The smallest absolute Gasteiger partial charge is 0.282 e. The minimum absolute atomic E-state index is 0.754. The van der Waals surface area contributed by atoms with Gasteiger partial charge in [0.25, 0.3) is 10.1 Å². The fourth-order valence-electron chi connectivity index (χ4n) is 0.572. The molecule has 1 rings (SSSR count). The van der Waals surface area contributed by atoms with E-state index in [1.54, 1.807) is 6.07 Å². The van der Waals surface area contributed by atoms with E-state index in [0.717, 1.165) is 14.8 Å². The van der Waals surface area contributed by atoms with Crippen LogP contribution in [0.1, 0.15) is 4.88 Å². The normalized spacial score (nSPS) is 12.5. The van der Waals surface area contributed by atoms with Crippen molar-refractivity contribution in [3.8, 4) is 0 Å².